The molecule has 0 fully saturated rings. The Kier molecular flexibility index (Phi) is 11.5. The van der Waals surface area contributed by atoms with Crippen molar-refractivity contribution in [2.24, 2.45) is 5.92 Å². The van der Waals surface area contributed by atoms with Crippen molar-refractivity contribution in [3.8, 4) is 0 Å². The normalized spacial score (nSPS) is 12.1. The minimum atomic E-state index is -3.79. The van der Waals surface area contributed by atoms with Gasteiger partial charge in [-0.3, -0.25) is 13.9 Å². The lowest BCUT2D eigenvalue weighted by Gasteiger charge is -2.32. The van der Waals surface area contributed by atoms with Gasteiger partial charge in [0.2, 0.25) is 21.8 Å². The Labute approximate surface area is 243 Å². The lowest BCUT2D eigenvalue weighted by molar-refractivity contribution is -0.141. The highest BCUT2D eigenvalue weighted by atomic mass is 32.2. The van der Waals surface area contributed by atoms with Crippen molar-refractivity contribution in [1.29, 1.82) is 0 Å². The van der Waals surface area contributed by atoms with Crippen molar-refractivity contribution in [1.82, 2.24) is 10.2 Å². The number of amides is 2. The molecule has 0 saturated carbocycles. The first-order valence-electron chi connectivity index (χ1n) is 13.8. The standard InChI is InChI=1S/C32H40FN3O4S/c1-24(2)22-34-32(38)30(21-26-13-6-5-7-14-26)35(23-27-15-10-12-25(3)20-27)31(37)18-11-19-36(41(4,39)40)29-17-9-8-16-28(29)33/h5-10,12-17,20,24,30H,11,18-19,21-23H2,1-4H3,(H,34,38)/t30-/m1/s1. The first-order valence-corrected chi connectivity index (χ1v) is 15.7. The highest BCUT2D eigenvalue weighted by Gasteiger charge is 2.30. The molecule has 0 radical (unpaired) electrons. The van der Waals surface area contributed by atoms with Crippen molar-refractivity contribution < 1.29 is 22.4 Å². The third-order valence-electron chi connectivity index (χ3n) is 6.66. The molecule has 3 aromatic carbocycles. The molecule has 0 unspecified atom stereocenters. The third kappa shape index (κ3) is 9.70. The third-order valence-corrected chi connectivity index (χ3v) is 7.84. The fourth-order valence-corrected chi connectivity index (χ4v) is 5.59. The van der Waals surface area contributed by atoms with Gasteiger partial charge in [-0.1, -0.05) is 86.1 Å². The number of halogens is 1. The number of nitrogens with zero attached hydrogens (tertiary/aromatic N) is 2. The van der Waals surface area contributed by atoms with Crippen molar-refractivity contribution >= 4 is 27.5 Å². The maximum absolute atomic E-state index is 14.5. The molecule has 0 aliphatic rings. The molecule has 0 heterocycles. The van der Waals surface area contributed by atoms with Crippen molar-refractivity contribution in [2.45, 2.75) is 52.6 Å². The Balaban J connectivity index is 1.89. The minimum Gasteiger partial charge on any atom is -0.354 e. The van der Waals surface area contributed by atoms with E-state index < -0.39 is 21.9 Å². The van der Waals surface area contributed by atoms with Crippen LogP contribution in [0.25, 0.3) is 0 Å². The predicted octanol–water partition coefficient (Wildman–Crippen LogP) is 5.09. The number of benzene rings is 3. The summed E-state index contributed by atoms with van der Waals surface area (Å²) in [5.74, 6) is -0.950. The maximum Gasteiger partial charge on any atom is 0.243 e. The van der Waals surface area contributed by atoms with Crippen LogP contribution in [0.2, 0.25) is 0 Å². The number of sulfonamides is 1. The molecule has 0 spiro atoms. The lowest BCUT2D eigenvalue weighted by Crippen LogP contribution is -2.51. The van der Waals surface area contributed by atoms with E-state index in [-0.39, 0.29) is 49.4 Å². The molecule has 9 heteroatoms. The van der Waals surface area contributed by atoms with Gasteiger partial charge in [0.1, 0.15) is 11.9 Å². The Morgan fingerprint density at radius 2 is 1.59 bits per heavy atom. The van der Waals surface area contributed by atoms with Crippen molar-refractivity contribution in [3.05, 3.63) is 101 Å². The maximum atomic E-state index is 14.5. The number of anilines is 1. The van der Waals surface area contributed by atoms with E-state index in [1.807, 2.05) is 75.4 Å². The molecular formula is C32H40FN3O4S. The average molecular weight is 582 g/mol. The highest BCUT2D eigenvalue weighted by Crippen LogP contribution is 2.23. The Morgan fingerprint density at radius 1 is 0.927 bits per heavy atom. The summed E-state index contributed by atoms with van der Waals surface area (Å²) in [5.41, 5.74) is 2.78. The second-order valence-electron chi connectivity index (χ2n) is 10.7. The molecule has 0 aliphatic carbocycles. The van der Waals surface area contributed by atoms with Crippen LogP contribution in [0, 0.1) is 18.7 Å². The fourth-order valence-electron chi connectivity index (χ4n) is 4.62. The SMILES string of the molecule is Cc1cccc(CN(C(=O)CCCN(c2ccccc2F)S(C)(=O)=O)[C@H](Cc2ccccc2)C(=O)NCC(C)C)c1. The van der Waals surface area contributed by atoms with Crippen LogP contribution in [0.1, 0.15) is 43.4 Å². The number of aryl methyl sites for hydroxylation is 1. The van der Waals surface area contributed by atoms with Crippen molar-refractivity contribution in [3.63, 3.8) is 0 Å². The first kappa shape index (κ1) is 31.8. The van der Waals surface area contributed by atoms with Gasteiger partial charge in [-0.2, -0.15) is 0 Å². The molecule has 0 saturated heterocycles. The van der Waals surface area contributed by atoms with Crippen LogP contribution in [0.4, 0.5) is 10.1 Å². The molecule has 41 heavy (non-hydrogen) atoms. The molecule has 0 bridgehead atoms. The zero-order valence-electron chi connectivity index (χ0n) is 24.2. The average Bonchev–Trinajstić information content (AvgIpc) is 2.92. The van der Waals surface area contributed by atoms with Crippen molar-refractivity contribution in [2.75, 3.05) is 23.7 Å². The summed E-state index contributed by atoms with van der Waals surface area (Å²) >= 11 is 0. The molecule has 220 valence electrons. The quantitative estimate of drug-likeness (QED) is 0.287. The summed E-state index contributed by atoms with van der Waals surface area (Å²) in [6.07, 6.45) is 1.47. The number of hydrogen-bond acceptors (Lipinski definition) is 4. The van der Waals surface area contributed by atoms with Gasteiger partial charge in [0, 0.05) is 32.5 Å². The highest BCUT2D eigenvalue weighted by molar-refractivity contribution is 7.92. The first-order chi connectivity index (χ1) is 19.5. The number of hydrogen-bond donors (Lipinski definition) is 1. The monoisotopic (exact) mass is 581 g/mol. The van der Waals surface area contributed by atoms with Gasteiger partial charge in [0.15, 0.2) is 0 Å². The number of carbonyl (C=O) groups is 2. The molecule has 3 aromatic rings. The largest absolute Gasteiger partial charge is 0.354 e. The number of rotatable bonds is 14. The minimum absolute atomic E-state index is 0.0188. The summed E-state index contributed by atoms with van der Waals surface area (Å²) in [4.78, 5) is 29.0. The second kappa shape index (κ2) is 14.8. The second-order valence-corrected chi connectivity index (χ2v) is 12.7. The topological polar surface area (TPSA) is 86.8 Å². The van der Waals surface area contributed by atoms with Crippen LogP contribution in [-0.4, -0.2) is 50.5 Å². The van der Waals surface area contributed by atoms with Gasteiger partial charge in [0.25, 0.3) is 0 Å². The van der Waals surface area contributed by atoms with E-state index in [0.29, 0.717) is 13.0 Å². The van der Waals surface area contributed by atoms with Gasteiger partial charge in [-0.15, -0.1) is 0 Å². The summed E-state index contributed by atoms with van der Waals surface area (Å²) in [6, 6.07) is 22.2. The van der Waals surface area contributed by atoms with E-state index in [0.717, 1.165) is 27.3 Å². The summed E-state index contributed by atoms with van der Waals surface area (Å²) in [7, 11) is -3.79. The van der Waals surface area contributed by atoms with E-state index in [1.54, 1.807) is 11.0 Å². The van der Waals surface area contributed by atoms with Gasteiger partial charge in [0.05, 0.1) is 11.9 Å². The Bertz CT molecular complexity index is 1410. The van der Waals surface area contributed by atoms with E-state index in [1.165, 1.54) is 18.2 Å². The van der Waals surface area contributed by atoms with E-state index >= 15 is 0 Å². The van der Waals surface area contributed by atoms with Gasteiger partial charge < -0.3 is 10.2 Å². The fraction of sp³-hybridized carbons (Fsp3) is 0.375. The van der Waals surface area contributed by atoms with Crippen LogP contribution in [0.3, 0.4) is 0 Å². The predicted molar refractivity (Wildman–Crippen MR) is 161 cm³/mol. The smallest absolute Gasteiger partial charge is 0.243 e. The van der Waals surface area contributed by atoms with Crippen LogP contribution >= 0.6 is 0 Å². The van der Waals surface area contributed by atoms with Gasteiger partial charge >= 0.3 is 0 Å². The molecule has 3 rings (SSSR count). The lowest BCUT2D eigenvalue weighted by atomic mass is 10.0. The van der Waals surface area contributed by atoms with Crippen LogP contribution in [0.5, 0.6) is 0 Å². The van der Waals surface area contributed by atoms with E-state index in [2.05, 4.69) is 5.32 Å². The number of carbonyl (C=O) groups excluding carboxylic acids is 2. The van der Waals surface area contributed by atoms with Crippen LogP contribution in [-0.2, 0) is 32.6 Å². The Morgan fingerprint density at radius 3 is 2.22 bits per heavy atom. The molecule has 0 aromatic heterocycles. The molecule has 7 nitrogen and oxygen atoms in total. The van der Waals surface area contributed by atoms with E-state index in [9.17, 15) is 22.4 Å². The zero-order chi connectivity index (χ0) is 30.0. The zero-order valence-corrected chi connectivity index (χ0v) is 25.0. The number of para-hydroxylation sites is 1. The number of nitrogens with one attached hydrogen (secondary N) is 1. The molecule has 1 atom stereocenters. The van der Waals surface area contributed by atoms with Crippen LogP contribution < -0.4 is 9.62 Å². The van der Waals surface area contributed by atoms with Crippen LogP contribution in [0.15, 0.2) is 78.9 Å². The summed E-state index contributed by atoms with van der Waals surface area (Å²) in [5, 5.41) is 2.99. The summed E-state index contributed by atoms with van der Waals surface area (Å²) < 4.78 is 40.5. The molecule has 2 amide bonds. The summed E-state index contributed by atoms with van der Waals surface area (Å²) in [6.45, 7) is 6.59. The Hall–Kier alpha value is -3.72. The van der Waals surface area contributed by atoms with E-state index in [4.69, 9.17) is 0 Å². The molecule has 1 N–H and O–H groups in total. The molecule has 0 aliphatic heterocycles. The van der Waals surface area contributed by atoms with Gasteiger partial charge in [-0.05, 0) is 42.5 Å². The van der Waals surface area contributed by atoms with Gasteiger partial charge in [-0.25, -0.2) is 12.8 Å². The molecular weight excluding hydrogens is 541 g/mol.